The molecule has 0 saturated carbocycles. The van der Waals surface area contributed by atoms with Crippen LogP contribution in [0.25, 0.3) is 10.8 Å². The van der Waals surface area contributed by atoms with Crippen molar-refractivity contribution < 1.29 is 9.13 Å². The molecule has 0 aliphatic carbocycles. The van der Waals surface area contributed by atoms with Gasteiger partial charge in [-0.1, -0.05) is 13.8 Å². The summed E-state index contributed by atoms with van der Waals surface area (Å²) in [6, 6.07) is 3.82. The number of halogens is 1. The maximum Gasteiger partial charge on any atom is 0.227 e. The minimum atomic E-state index is -1.07. The van der Waals surface area contributed by atoms with Gasteiger partial charge < -0.3 is 25.2 Å². The van der Waals surface area contributed by atoms with E-state index in [2.05, 4.69) is 49.3 Å². The fraction of sp³-hybridized carbons (Fsp3) is 0.520. The molecular weight excluding hydrogens is 447 g/mol. The number of aromatic nitrogens is 4. The Labute approximate surface area is 206 Å². The number of pyridine rings is 2. The van der Waals surface area contributed by atoms with Crippen molar-refractivity contribution in [2.75, 3.05) is 62.9 Å². The Bertz CT molecular complexity index is 1140. The van der Waals surface area contributed by atoms with E-state index in [0.717, 1.165) is 35.2 Å². The summed E-state index contributed by atoms with van der Waals surface area (Å²) in [6.07, 6.45) is 4.62. The summed E-state index contributed by atoms with van der Waals surface area (Å²) in [5, 5.41) is 8.80. The van der Waals surface area contributed by atoms with E-state index in [1.807, 2.05) is 37.5 Å². The van der Waals surface area contributed by atoms with Gasteiger partial charge in [0, 0.05) is 50.7 Å². The van der Waals surface area contributed by atoms with E-state index in [1.165, 1.54) is 0 Å². The van der Waals surface area contributed by atoms with E-state index in [1.54, 1.807) is 19.4 Å². The highest BCUT2D eigenvalue weighted by molar-refractivity contribution is 5.95. The quantitative estimate of drug-likeness (QED) is 0.472. The SMILES string of the molecule is CO[C@@H]1CCN(c2nccc(Nc3cc4c(C(C)C)cnc(NCCN(C)C)c4cn3)n2)C[C@@H]1F. The molecule has 0 spiro atoms. The fourth-order valence-electron chi connectivity index (χ4n) is 4.26. The summed E-state index contributed by atoms with van der Waals surface area (Å²) in [6.45, 7) is 6.87. The first-order valence-corrected chi connectivity index (χ1v) is 12.0. The summed E-state index contributed by atoms with van der Waals surface area (Å²) in [7, 11) is 5.64. The molecule has 0 amide bonds. The number of likely N-dealkylation sites (N-methyl/N-ethyl adjacent to an activating group) is 1. The van der Waals surface area contributed by atoms with Gasteiger partial charge in [0.25, 0.3) is 0 Å². The van der Waals surface area contributed by atoms with E-state index in [0.29, 0.717) is 36.5 Å². The summed E-state index contributed by atoms with van der Waals surface area (Å²) in [5.74, 6) is 2.92. The number of rotatable bonds is 9. The van der Waals surface area contributed by atoms with Crippen LogP contribution in [0.15, 0.2) is 30.7 Å². The molecule has 2 atom stereocenters. The van der Waals surface area contributed by atoms with E-state index in [9.17, 15) is 4.39 Å². The van der Waals surface area contributed by atoms with E-state index in [-0.39, 0.29) is 12.6 Å². The topological polar surface area (TPSA) is 91.3 Å². The zero-order valence-corrected chi connectivity index (χ0v) is 21.1. The Balaban J connectivity index is 1.56. The molecule has 1 saturated heterocycles. The number of anilines is 4. The third-order valence-corrected chi connectivity index (χ3v) is 6.24. The third kappa shape index (κ3) is 5.94. The maximum atomic E-state index is 14.4. The lowest BCUT2D eigenvalue weighted by Gasteiger charge is -2.33. The van der Waals surface area contributed by atoms with Gasteiger partial charge in [-0.25, -0.2) is 19.3 Å². The molecule has 1 aliphatic rings. The summed E-state index contributed by atoms with van der Waals surface area (Å²) in [5.41, 5.74) is 1.15. The number of hydrogen-bond acceptors (Lipinski definition) is 9. The van der Waals surface area contributed by atoms with Gasteiger partial charge in [-0.2, -0.15) is 4.98 Å². The predicted molar refractivity (Wildman–Crippen MR) is 139 cm³/mol. The van der Waals surface area contributed by atoms with Crippen molar-refractivity contribution in [1.82, 2.24) is 24.8 Å². The Morgan fingerprint density at radius 1 is 1.17 bits per heavy atom. The molecule has 0 unspecified atom stereocenters. The van der Waals surface area contributed by atoms with Crippen LogP contribution in [0.5, 0.6) is 0 Å². The molecule has 0 aromatic carbocycles. The predicted octanol–water partition coefficient (Wildman–Crippen LogP) is 3.82. The lowest BCUT2D eigenvalue weighted by atomic mass is 9.99. The number of nitrogens with one attached hydrogen (secondary N) is 2. The van der Waals surface area contributed by atoms with Crippen LogP contribution in [0.3, 0.4) is 0 Å². The first-order valence-electron chi connectivity index (χ1n) is 12.0. The lowest BCUT2D eigenvalue weighted by molar-refractivity contribution is 0.0194. The highest BCUT2D eigenvalue weighted by Crippen LogP contribution is 2.31. The van der Waals surface area contributed by atoms with E-state index < -0.39 is 6.17 Å². The van der Waals surface area contributed by atoms with Gasteiger partial charge in [-0.3, -0.25) is 0 Å². The molecule has 1 fully saturated rings. The molecule has 2 N–H and O–H groups in total. The fourth-order valence-corrected chi connectivity index (χ4v) is 4.26. The van der Waals surface area contributed by atoms with Crippen LogP contribution in [0.1, 0.15) is 31.7 Å². The Hall–Kier alpha value is -3.11. The van der Waals surface area contributed by atoms with E-state index in [4.69, 9.17) is 4.74 Å². The van der Waals surface area contributed by atoms with Crippen LogP contribution in [-0.4, -0.2) is 84.5 Å². The second-order valence-electron chi connectivity index (χ2n) is 9.45. The average Bonchev–Trinajstić information content (AvgIpc) is 2.83. The molecule has 0 bridgehead atoms. The molecule has 35 heavy (non-hydrogen) atoms. The largest absolute Gasteiger partial charge is 0.378 e. The van der Waals surface area contributed by atoms with Crippen molar-refractivity contribution in [1.29, 1.82) is 0 Å². The van der Waals surface area contributed by atoms with Gasteiger partial charge in [-0.05, 0) is 49.5 Å². The van der Waals surface area contributed by atoms with Crippen molar-refractivity contribution in [3.8, 4) is 0 Å². The molecule has 3 aromatic rings. The molecular formula is C25H35FN8O. The summed E-state index contributed by atoms with van der Waals surface area (Å²) >= 11 is 0. The van der Waals surface area contributed by atoms with Gasteiger partial charge >= 0.3 is 0 Å². The lowest BCUT2D eigenvalue weighted by Crippen LogP contribution is -2.46. The number of hydrogen-bond donors (Lipinski definition) is 2. The van der Waals surface area contributed by atoms with E-state index >= 15 is 0 Å². The summed E-state index contributed by atoms with van der Waals surface area (Å²) < 4.78 is 19.6. The van der Waals surface area contributed by atoms with Crippen LogP contribution in [0, 0.1) is 0 Å². The standard InChI is InChI=1S/C25H35FN8O/c1-16(2)18-13-30-24(27-9-11-33(3)4)19-14-29-23(12-17(18)19)31-22-6-8-28-25(32-22)34-10-7-21(35-5)20(26)15-34/h6,8,12-14,16,20-21H,7,9-11,15H2,1-5H3,(H,27,30)(H,28,29,31,32)/t20-,21+/m0/s1. The zero-order chi connectivity index (χ0) is 24.9. The first kappa shape index (κ1) is 25.0. The molecule has 10 heteroatoms. The van der Waals surface area contributed by atoms with Gasteiger partial charge in [-0.15, -0.1) is 0 Å². The van der Waals surface area contributed by atoms with Crippen molar-refractivity contribution in [2.45, 2.75) is 38.5 Å². The highest BCUT2D eigenvalue weighted by Gasteiger charge is 2.30. The van der Waals surface area contributed by atoms with Crippen LogP contribution in [0.4, 0.5) is 27.8 Å². The van der Waals surface area contributed by atoms with Crippen LogP contribution >= 0.6 is 0 Å². The number of alkyl halides is 1. The molecule has 3 aromatic heterocycles. The maximum absolute atomic E-state index is 14.4. The van der Waals surface area contributed by atoms with Crippen molar-refractivity contribution in [2.24, 2.45) is 0 Å². The number of fused-ring (bicyclic) bond motifs is 1. The van der Waals surface area contributed by atoms with Crippen molar-refractivity contribution in [3.63, 3.8) is 0 Å². The molecule has 0 radical (unpaired) electrons. The zero-order valence-electron chi connectivity index (χ0n) is 21.1. The number of methoxy groups -OCH3 is 1. The molecule has 4 heterocycles. The highest BCUT2D eigenvalue weighted by atomic mass is 19.1. The number of nitrogens with zero attached hydrogens (tertiary/aromatic N) is 6. The second-order valence-corrected chi connectivity index (χ2v) is 9.45. The molecule has 188 valence electrons. The molecule has 9 nitrogen and oxygen atoms in total. The Kier molecular flexibility index (Phi) is 7.92. The Morgan fingerprint density at radius 3 is 2.71 bits per heavy atom. The van der Waals surface area contributed by atoms with Gasteiger partial charge in [0.15, 0.2) is 0 Å². The van der Waals surface area contributed by atoms with Gasteiger partial charge in [0.1, 0.15) is 23.6 Å². The van der Waals surface area contributed by atoms with Crippen LogP contribution in [-0.2, 0) is 4.74 Å². The van der Waals surface area contributed by atoms with Gasteiger partial charge in [0.05, 0.1) is 12.6 Å². The summed E-state index contributed by atoms with van der Waals surface area (Å²) in [4.78, 5) is 22.2. The normalized spacial score (nSPS) is 18.5. The Morgan fingerprint density at radius 2 is 2.00 bits per heavy atom. The minimum Gasteiger partial charge on any atom is -0.378 e. The molecule has 1 aliphatic heterocycles. The van der Waals surface area contributed by atoms with Crippen molar-refractivity contribution in [3.05, 3.63) is 36.3 Å². The second kappa shape index (κ2) is 11.1. The van der Waals surface area contributed by atoms with Crippen LogP contribution in [0.2, 0.25) is 0 Å². The number of ether oxygens (including phenoxy) is 1. The van der Waals surface area contributed by atoms with Crippen molar-refractivity contribution >= 4 is 34.2 Å². The number of piperidine rings is 1. The molecule has 4 rings (SSSR count). The monoisotopic (exact) mass is 482 g/mol. The minimum absolute atomic E-state index is 0.213. The van der Waals surface area contributed by atoms with Gasteiger partial charge in [0.2, 0.25) is 5.95 Å². The third-order valence-electron chi connectivity index (χ3n) is 6.24. The average molecular weight is 483 g/mol. The smallest absolute Gasteiger partial charge is 0.227 e. The van der Waals surface area contributed by atoms with Crippen LogP contribution < -0.4 is 15.5 Å². The first-order chi connectivity index (χ1) is 16.9.